The largest absolute Gasteiger partial charge is 0.480 e. The van der Waals surface area contributed by atoms with E-state index in [0.29, 0.717) is 37.2 Å². The van der Waals surface area contributed by atoms with Gasteiger partial charge in [-0.15, -0.1) is 0 Å². The Balaban J connectivity index is 2.39. The molecule has 0 radical (unpaired) electrons. The number of hydrogen-bond acceptors (Lipinski definition) is 17. The molecule has 1 aliphatic rings. The lowest BCUT2D eigenvalue weighted by Crippen LogP contribution is -2.63. The first-order chi connectivity index (χ1) is 49.6. The average Bonchev–Trinajstić information content (AvgIpc) is 1.54. The Bertz CT molecular complexity index is 3140. The van der Waals surface area contributed by atoms with E-state index in [1.54, 1.807) is 127 Å². The summed E-state index contributed by atoms with van der Waals surface area (Å²) in [6, 6.07) is -7.57. The highest BCUT2D eigenvalue weighted by molar-refractivity contribution is 6.02. The molecule has 31 heteroatoms. The van der Waals surface area contributed by atoms with Crippen LogP contribution < -0.4 is 69.5 Å². The van der Waals surface area contributed by atoms with Crippen molar-refractivity contribution in [3.8, 4) is 0 Å². The quantitative estimate of drug-likeness (QED) is 0.0410. The van der Waals surface area contributed by atoms with E-state index in [9.17, 15) is 82.4 Å². The lowest BCUT2D eigenvalue weighted by atomic mass is 9.95. The van der Waals surface area contributed by atoms with Gasteiger partial charge in [0.2, 0.25) is 70.9 Å². The first kappa shape index (κ1) is 93.5. The molecule has 0 aliphatic carbocycles. The minimum atomic E-state index is -1.74. The van der Waals surface area contributed by atoms with Gasteiger partial charge in [0.15, 0.2) is 0 Å². The molecule has 106 heavy (non-hydrogen) atoms. The normalized spacial score (nSPS) is 17.5. The maximum absolute atomic E-state index is 14.7. The van der Waals surface area contributed by atoms with Crippen LogP contribution >= 0.6 is 0 Å². The number of nitrogens with zero attached hydrogens (tertiary/aromatic N) is 1. The summed E-state index contributed by atoms with van der Waals surface area (Å²) in [5.74, 6) is -15.2. The number of carbonyl (C=O) groups excluding carboxylic acids is 13. The molecule has 17 N–H and O–H groups in total. The van der Waals surface area contributed by atoms with Gasteiger partial charge in [-0.2, -0.15) is 0 Å². The number of nitrogens with two attached hydrogens (primary N) is 1. The second-order valence-corrected chi connectivity index (χ2v) is 30.1. The second-order valence-electron chi connectivity index (χ2n) is 30.1. The molecule has 1 aromatic carbocycles. The highest BCUT2D eigenvalue weighted by Gasteiger charge is 2.44. The number of benzene rings is 1. The molecule has 0 spiro atoms. The number of allylic oxidation sites excluding steroid dienone is 1. The van der Waals surface area contributed by atoms with E-state index in [1.807, 2.05) is 13.8 Å². The number of carbonyl (C=O) groups is 14. The van der Waals surface area contributed by atoms with Crippen LogP contribution in [0.4, 0.5) is 0 Å². The lowest BCUT2D eigenvalue weighted by molar-refractivity contribution is -0.144. The Kier molecular flexibility index (Phi) is 40.4. The maximum Gasteiger partial charge on any atom is 0.326 e. The van der Waals surface area contributed by atoms with Gasteiger partial charge in [0.25, 0.3) is 5.91 Å². The molecule has 1 aromatic rings. The zero-order chi connectivity index (χ0) is 80.7. The Labute approximate surface area is 625 Å². The summed E-state index contributed by atoms with van der Waals surface area (Å²) in [4.78, 5) is 197. The van der Waals surface area contributed by atoms with Crippen molar-refractivity contribution < 1.29 is 82.4 Å². The van der Waals surface area contributed by atoms with Crippen LogP contribution in [0.15, 0.2) is 42.1 Å². The predicted molar refractivity (Wildman–Crippen MR) is 399 cm³/mol. The number of carboxylic acid groups (broad SMARTS) is 1. The van der Waals surface area contributed by atoms with E-state index in [-0.39, 0.29) is 56.8 Å². The van der Waals surface area contributed by atoms with E-state index in [0.717, 1.165) is 6.42 Å². The third-order valence-electron chi connectivity index (χ3n) is 19.0. The van der Waals surface area contributed by atoms with Crippen molar-refractivity contribution >= 4 is 82.8 Å². The standard InChI is InChI=1S/C75H126N14O17/c1-20-44(16)59(71(101)88-62(47(19)91)73(103)86-60(45(17)21-2)70(100)81-55(40(8)9)67(97)79-51(37-48-30-24-23-25-31-48)65(95)77-49(22-3)63(93)84-58(43(14)15)75(105)106)85-64(94)50(32-27-35-76)78-66(96)52-33-28-36-89(52)74(104)57(42(12)13)83-69(99)56(41(10)11)82-72(102)61(46(18)90)87-68(98)54(39(6)7)80-53(92)34-26-29-38(4)5/h22-25,30-31,38-47,50-52,54-62,90-91H,20-21,26-29,32-37,76H2,1-19H3,(H,77,95)(H,78,96)(H,79,97)(H,80,92)(H,81,100)(H,82,102)(H,83,99)(H,84,93)(H,85,94)(H,86,103)(H,87,98)(H,88,101)(H,105,106)/b49-22-/t44-,45+,46-,47-,50-,51-,52+,54-,55-,56-,57-,58-,59+,60+,61-,62-/m0/s1. The summed E-state index contributed by atoms with van der Waals surface area (Å²) >= 11 is 0. The van der Waals surface area contributed by atoms with Crippen molar-refractivity contribution in [3.63, 3.8) is 0 Å². The molecule has 1 heterocycles. The molecule has 0 unspecified atom stereocenters. The molecule has 0 saturated carbocycles. The fourth-order valence-corrected chi connectivity index (χ4v) is 11.8. The molecule has 31 nitrogen and oxygen atoms in total. The van der Waals surface area contributed by atoms with Crippen molar-refractivity contribution in [1.82, 2.24) is 68.7 Å². The van der Waals surface area contributed by atoms with Gasteiger partial charge < -0.3 is 89.8 Å². The van der Waals surface area contributed by atoms with Crippen LogP contribution in [-0.4, -0.2) is 201 Å². The molecule has 1 aliphatic heterocycles. The van der Waals surface area contributed by atoms with Crippen LogP contribution in [-0.2, 0) is 73.5 Å². The molecule has 0 bridgehead atoms. The summed E-state index contributed by atoms with van der Waals surface area (Å²) < 4.78 is 0. The van der Waals surface area contributed by atoms with Gasteiger partial charge in [-0.3, -0.25) is 62.3 Å². The average molecular weight is 1500 g/mol. The maximum atomic E-state index is 14.7. The van der Waals surface area contributed by atoms with Crippen molar-refractivity contribution in [2.75, 3.05) is 13.1 Å². The van der Waals surface area contributed by atoms with Crippen molar-refractivity contribution in [2.45, 2.75) is 280 Å². The molecule has 1 fully saturated rings. The smallest absolute Gasteiger partial charge is 0.326 e. The molecule has 598 valence electrons. The minimum absolute atomic E-state index is 0.0294. The van der Waals surface area contributed by atoms with Gasteiger partial charge in [0.1, 0.15) is 78.2 Å². The molecule has 0 aromatic heterocycles. The Hall–Kier alpha value is -8.58. The summed E-state index contributed by atoms with van der Waals surface area (Å²) in [6.07, 6.45) is 1.01. The minimum Gasteiger partial charge on any atom is -0.480 e. The Morgan fingerprint density at radius 2 is 0.896 bits per heavy atom. The SMILES string of the molecule is C/C=C(\NC(=O)[C@H](Cc1ccccc1)NC(=O)[C@@H](NC(=O)[C@H](NC(=O)[C@@H](NC(=O)[C@H](NC(=O)[C@H](CCCN)NC(=O)[C@H]1CCCN1C(=O)[C@@H](NC(=O)[C@@H](NC(=O)[C@@H](NC(=O)[C@@H](NC(=O)CCCC(C)C)C(C)C)[C@H](C)O)C(C)C)C(C)C)[C@@H](C)CC)[C@H](C)O)[C@H](C)CC)C(C)C)C(=O)N[C@H](C(=O)O)C(C)C. The van der Waals surface area contributed by atoms with Gasteiger partial charge in [0.05, 0.1) is 12.2 Å². The summed E-state index contributed by atoms with van der Waals surface area (Å²) in [5.41, 5.74) is 6.24. The molecule has 2 rings (SSSR count). The van der Waals surface area contributed by atoms with E-state index in [4.69, 9.17) is 5.73 Å². The number of nitrogens with one attached hydrogen (secondary N) is 12. The fourth-order valence-electron chi connectivity index (χ4n) is 11.8. The summed E-state index contributed by atoms with van der Waals surface area (Å²) in [6.45, 7) is 31.5. The van der Waals surface area contributed by atoms with Crippen molar-refractivity contribution in [1.29, 1.82) is 0 Å². The zero-order valence-corrected chi connectivity index (χ0v) is 65.7. The van der Waals surface area contributed by atoms with Crippen molar-refractivity contribution in [2.24, 2.45) is 53.1 Å². The number of aliphatic hydroxyl groups is 2. The number of rotatable bonds is 45. The van der Waals surface area contributed by atoms with Crippen LogP contribution in [0.1, 0.15) is 195 Å². The number of aliphatic carboxylic acids is 1. The number of hydrogen-bond donors (Lipinski definition) is 16. The number of amides is 13. The molecule has 1 saturated heterocycles. The van der Waals surface area contributed by atoms with Crippen LogP contribution in [0.25, 0.3) is 0 Å². The third-order valence-corrected chi connectivity index (χ3v) is 19.0. The van der Waals surface area contributed by atoms with E-state index in [1.165, 1.54) is 31.7 Å². The highest BCUT2D eigenvalue weighted by atomic mass is 16.4. The van der Waals surface area contributed by atoms with Gasteiger partial charge in [-0.05, 0) is 112 Å². The van der Waals surface area contributed by atoms with Crippen LogP contribution in [0.2, 0.25) is 0 Å². The van der Waals surface area contributed by atoms with Gasteiger partial charge in [0, 0.05) is 19.4 Å². The fraction of sp³-hybridized carbons (Fsp3) is 0.707. The summed E-state index contributed by atoms with van der Waals surface area (Å²) in [5, 5.41) is 63.3. The highest BCUT2D eigenvalue weighted by Crippen LogP contribution is 2.23. The van der Waals surface area contributed by atoms with Crippen LogP contribution in [0.3, 0.4) is 0 Å². The molecular weight excluding hydrogens is 1370 g/mol. The van der Waals surface area contributed by atoms with Gasteiger partial charge in [-0.1, -0.05) is 166 Å². The second kappa shape index (κ2) is 45.8. The van der Waals surface area contributed by atoms with Crippen LogP contribution in [0, 0.1) is 47.3 Å². The monoisotopic (exact) mass is 1490 g/mol. The first-order valence-electron chi connectivity index (χ1n) is 37.5. The van der Waals surface area contributed by atoms with Gasteiger partial charge >= 0.3 is 5.97 Å². The Morgan fingerprint density at radius 1 is 0.481 bits per heavy atom. The number of carboxylic acids is 1. The van der Waals surface area contributed by atoms with E-state index in [2.05, 4.69) is 63.8 Å². The predicted octanol–water partition coefficient (Wildman–Crippen LogP) is 1.36. The van der Waals surface area contributed by atoms with E-state index < -0.39 is 203 Å². The van der Waals surface area contributed by atoms with Gasteiger partial charge in [-0.25, -0.2) is 4.79 Å². The first-order valence-corrected chi connectivity index (χ1v) is 37.5. The molecule has 16 atom stereocenters. The zero-order valence-electron chi connectivity index (χ0n) is 65.7. The lowest BCUT2D eigenvalue weighted by Gasteiger charge is -2.33. The number of aliphatic hydroxyl groups excluding tert-OH is 2. The topological polar surface area (TPSA) is 473 Å². The molecule has 13 amide bonds. The summed E-state index contributed by atoms with van der Waals surface area (Å²) in [7, 11) is 0. The van der Waals surface area contributed by atoms with Crippen LogP contribution in [0.5, 0.6) is 0 Å². The Morgan fingerprint density at radius 3 is 1.32 bits per heavy atom. The van der Waals surface area contributed by atoms with E-state index >= 15 is 0 Å². The van der Waals surface area contributed by atoms with Crippen molar-refractivity contribution in [3.05, 3.63) is 47.7 Å². The third kappa shape index (κ3) is 29.6. The number of likely N-dealkylation sites (tertiary alicyclic amines) is 1. The molecular formula is C75H126N14O17.